The van der Waals surface area contributed by atoms with E-state index in [0.29, 0.717) is 5.56 Å². The van der Waals surface area contributed by atoms with Crippen LogP contribution in [0.4, 0.5) is 4.39 Å². The molecule has 1 saturated heterocycles. The maximum atomic E-state index is 13.3. The highest BCUT2D eigenvalue weighted by Crippen LogP contribution is 2.32. The van der Waals surface area contributed by atoms with E-state index in [4.69, 9.17) is 5.73 Å². The molecule has 2 N–H and O–H groups in total. The van der Waals surface area contributed by atoms with Gasteiger partial charge in [-0.3, -0.25) is 4.79 Å². The molecule has 0 aliphatic carbocycles. The summed E-state index contributed by atoms with van der Waals surface area (Å²) in [6.45, 7) is 0. The first-order valence-corrected chi connectivity index (χ1v) is 4.39. The molecular formula is C10H11FN2O. The second-order valence-electron chi connectivity index (χ2n) is 3.44. The topological polar surface area (TPSA) is 46.3 Å². The molecular weight excluding hydrogens is 183 g/mol. The average Bonchev–Trinajstić information content (AvgIpc) is 2.21. The van der Waals surface area contributed by atoms with Gasteiger partial charge in [-0.25, -0.2) is 4.39 Å². The van der Waals surface area contributed by atoms with Crippen LogP contribution in [-0.4, -0.2) is 23.9 Å². The lowest BCUT2D eigenvalue weighted by Crippen LogP contribution is -2.61. The number of hydrogen-bond acceptors (Lipinski definition) is 2. The van der Waals surface area contributed by atoms with Crippen molar-refractivity contribution in [3.8, 4) is 0 Å². The lowest BCUT2D eigenvalue weighted by molar-refractivity contribution is -0.147. The Morgan fingerprint density at radius 3 is 2.64 bits per heavy atom. The van der Waals surface area contributed by atoms with Gasteiger partial charge in [-0.15, -0.1) is 0 Å². The summed E-state index contributed by atoms with van der Waals surface area (Å²) in [7, 11) is 1.63. The van der Waals surface area contributed by atoms with Gasteiger partial charge >= 0.3 is 0 Å². The third-order valence-electron chi connectivity index (χ3n) is 2.61. The van der Waals surface area contributed by atoms with Crippen molar-refractivity contribution >= 4 is 5.91 Å². The number of carbonyl (C=O) groups excluding carboxylic acids is 1. The number of likely N-dealkylation sites (tertiary alicyclic amines) is 1. The van der Waals surface area contributed by atoms with Crippen LogP contribution in [0.1, 0.15) is 11.6 Å². The Kier molecular flexibility index (Phi) is 2.00. The molecule has 0 bridgehead atoms. The standard InChI is InChI=1S/C10H11FN2O/c1-13-9(8(12)10(13)14)6-4-2-3-5-7(6)11/h2-5,8-9H,12H2,1H3/t8-,9-/m0/s1. The molecule has 3 nitrogen and oxygen atoms in total. The Morgan fingerprint density at radius 1 is 1.43 bits per heavy atom. The summed E-state index contributed by atoms with van der Waals surface area (Å²) in [5.74, 6) is -0.453. The number of hydrogen-bond donors (Lipinski definition) is 1. The van der Waals surface area contributed by atoms with Gasteiger partial charge in [0.05, 0.1) is 6.04 Å². The molecule has 74 valence electrons. The van der Waals surface area contributed by atoms with Gasteiger partial charge in [0, 0.05) is 12.6 Å². The minimum Gasteiger partial charge on any atom is -0.335 e. The summed E-state index contributed by atoms with van der Waals surface area (Å²) in [4.78, 5) is 12.6. The number of rotatable bonds is 1. The molecule has 1 aromatic carbocycles. The maximum Gasteiger partial charge on any atom is 0.242 e. The Morgan fingerprint density at radius 2 is 2.07 bits per heavy atom. The van der Waals surface area contributed by atoms with Crippen molar-refractivity contribution < 1.29 is 9.18 Å². The zero-order valence-electron chi connectivity index (χ0n) is 7.77. The number of carbonyl (C=O) groups is 1. The molecule has 0 unspecified atom stereocenters. The van der Waals surface area contributed by atoms with Gasteiger partial charge in [-0.05, 0) is 6.07 Å². The van der Waals surface area contributed by atoms with E-state index >= 15 is 0 Å². The number of nitrogens with zero attached hydrogens (tertiary/aromatic N) is 1. The molecule has 1 fully saturated rings. The zero-order valence-corrected chi connectivity index (χ0v) is 7.77. The molecule has 1 heterocycles. The fourth-order valence-corrected chi connectivity index (χ4v) is 1.78. The summed E-state index contributed by atoms with van der Waals surface area (Å²) >= 11 is 0. The summed E-state index contributed by atoms with van der Waals surface area (Å²) in [6, 6.07) is 5.47. The molecule has 2 rings (SSSR count). The van der Waals surface area contributed by atoms with Gasteiger partial charge in [0.25, 0.3) is 0 Å². The Hall–Kier alpha value is -1.42. The van der Waals surface area contributed by atoms with Gasteiger partial charge in [0.15, 0.2) is 0 Å². The third-order valence-corrected chi connectivity index (χ3v) is 2.61. The van der Waals surface area contributed by atoms with Crippen LogP contribution in [0.25, 0.3) is 0 Å². The molecule has 2 atom stereocenters. The van der Waals surface area contributed by atoms with Crippen LogP contribution in [0.3, 0.4) is 0 Å². The molecule has 4 heteroatoms. The van der Waals surface area contributed by atoms with E-state index in [9.17, 15) is 9.18 Å². The van der Waals surface area contributed by atoms with Crippen molar-refractivity contribution in [1.29, 1.82) is 0 Å². The quantitative estimate of drug-likeness (QED) is 0.668. The Bertz CT molecular complexity index is 368. The molecule has 14 heavy (non-hydrogen) atoms. The van der Waals surface area contributed by atoms with Crippen LogP contribution in [0, 0.1) is 5.82 Å². The first kappa shape index (κ1) is 9.15. The predicted molar refractivity (Wildman–Crippen MR) is 49.9 cm³/mol. The molecule has 0 aromatic heterocycles. The number of likely N-dealkylation sites (N-methyl/N-ethyl adjacent to an activating group) is 1. The van der Waals surface area contributed by atoms with E-state index in [1.54, 1.807) is 25.2 Å². The first-order chi connectivity index (χ1) is 6.63. The van der Waals surface area contributed by atoms with Crippen molar-refractivity contribution in [2.24, 2.45) is 5.73 Å². The SMILES string of the molecule is CN1C(=O)[C@@H](N)[C@@H]1c1ccccc1F. The monoisotopic (exact) mass is 194 g/mol. The molecule has 0 saturated carbocycles. The van der Waals surface area contributed by atoms with E-state index < -0.39 is 6.04 Å². The maximum absolute atomic E-state index is 13.3. The molecule has 1 aromatic rings. The number of halogens is 1. The largest absolute Gasteiger partial charge is 0.335 e. The highest BCUT2D eigenvalue weighted by Gasteiger charge is 2.44. The van der Waals surface area contributed by atoms with Crippen molar-refractivity contribution in [2.45, 2.75) is 12.1 Å². The fraction of sp³-hybridized carbons (Fsp3) is 0.300. The van der Waals surface area contributed by atoms with E-state index in [2.05, 4.69) is 0 Å². The average molecular weight is 194 g/mol. The van der Waals surface area contributed by atoms with Gasteiger partial charge in [0.1, 0.15) is 11.9 Å². The van der Waals surface area contributed by atoms with Crippen LogP contribution >= 0.6 is 0 Å². The number of amides is 1. The lowest BCUT2D eigenvalue weighted by Gasteiger charge is -2.43. The summed E-state index contributed by atoms with van der Waals surface area (Å²) < 4.78 is 13.3. The smallest absolute Gasteiger partial charge is 0.242 e. The minimum absolute atomic E-state index is 0.141. The highest BCUT2D eigenvalue weighted by atomic mass is 19.1. The fourth-order valence-electron chi connectivity index (χ4n) is 1.78. The summed E-state index contributed by atoms with van der Waals surface area (Å²) in [5, 5.41) is 0. The molecule has 0 radical (unpaired) electrons. The van der Waals surface area contributed by atoms with Crippen LogP contribution < -0.4 is 5.73 Å². The first-order valence-electron chi connectivity index (χ1n) is 4.39. The van der Waals surface area contributed by atoms with Crippen molar-refractivity contribution in [2.75, 3.05) is 7.05 Å². The lowest BCUT2D eigenvalue weighted by atomic mass is 9.90. The van der Waals surface area contributed by atoms with E-state index in [0.717, 1.165) is 0 Å². The van der Waals surface area contributed by atoms with Gasteiger partial charge in [-0.1, -0.05) is 18.2 Å². The van der Waals surface area contributed by atoms with Crippen LogP contribution in [0.5, 0.6) is 0 Å². The highest BCUT2D eigenvalue weighted by molar-refractivity contribution is 5.89. The number of nitrogens with two attached hydrogens (primary N) is 1. The number of benzene rings is 1. The molecule has 1 aliphatic rings. The Balaban J connectivity index is 2.33. The van der Waals surface area contributed by atoms with Gasteiger partial charge in [-0.2, -0.15) is 0 Å². The van der Waals surface area contributed by atoms with E-state index in [-0.39, 0.29) is 17.8 Å². The van der Waals surface area contributed by atoms with Crippen LogP contribution in [0.15, 0.2) is 24.3 Å². The minimum atomic E-state index is -0.600. The molecule has 1 aliphatic heterocycles. The summed E-state index contributed by atoms with van der Waals surface area (Å²) in [5.41, 5.74) is 6.09. The van der Waals surface area contributed by atoms with Crippen molar-refractivity contribution in [3.63, 3.8) is 0 Å². The Labute approximate surface area is 81.3 Å². The van der Waals surface area contributed by atoms with E-state index in [1.165, 1.54) is 11.0 Å². The van der Waals surface area contributed by atoms with Crippen molar-refractivity contribution in [3.05, 3.63) is 35.6 Å². The zero-order chi connectivity index (χ0) is 10.3. The third kappa shape index (κ3) is 1.11. The molecule has 0 spiro atoms. The van der Waals surface area contributed by atoms with Crippen LogP contribution in [0.2, 0.25) is 0 Å². The number of β-lactam (4-membered cyclic amide) rings is 1. The van der Waals surface area contributed by atoms with Crippen LogP contribution in [-0.2, 0) is 4.79 Å². The predicted octanol–water partition coefficient (Wildman–Crippen LogP) is 0.666. The van der Waals surface area contributed by atoms with Gasteiger partial charge < -0.3 is 10.6 Å². The second kappa shape index (κ2) is 3.06. The second-order valence-corrected chi connectivity index (χ2v) is 3.44. The normalized spacial score (nSPS) is 26.2. The molecule has 1 amide bonds. The van der Waals surface area contributed by atoms with Crippen molar-refractivity contribution in [1.82, 2.24) is 4.90 Å². The van der Waals surface area contributed by atoms with E-state index in [1.807, 2.05) is 0 Å². The summed E-state index contributed by atoms with van der Waals surface area (Å²) in [6.07, 6.45) is 0. The van der Waals surface area contributed by atoms with Gasteiger partial charge in [0.2, 0.25) is 5.91 Å².